The lowest BCUT2D eigenvalue weighted by atomic mass is 10.0. The van der Waals surface area contributed by atoms with Gasteiger partial charge in [0, 0.05) is 11.7 Å². The molecule has 2 N–H and O–H groups in total. The molecule has 1 aliphatic rings. The number of fused-ring (bicyclic) bond motifs is 1. The van der Waals surface area contributed by atoms with Crippen molar-refractivity contribution in [1.82, 2.24) is 4.98 Å². The fraction of sp³-hybridized carbons (Fsp3) is 0.333. The average molecular weight is 227 g/mol. The second-order valence-electron chi connectivity index (χ2n) is 4.97. The standard InChI is InChI=1S/C15H17NO/c17-15(7-1-2-8-15)9-5-12-3-4-14-13(11-12)6-10-16-14/h3-6,9-11,16-17H,1-2,7-8H2. The second kappa shape index (κ2) is 4.04. The molecular formula is C15H17NO. The Morgan fingerprint density at radius 1 is 1.18 bits per heavy atom. The highest BCUT2D eigenvalue weighted by Gasteiger charge is 2.27. The zero-order chi connectivity index (χ0) is 11.7. The number of hydrogen-bond donors (Lipinski definition) is 2. The molecule has 1 saturated carbocycles. The van der Waals surface area contributed by atoms with E-state index in [9.17, 15) is 5.11 Å². The third-order valence-electron chi connectivity index (χ3n) is 3.63. The Labute approximate surface area is 101 Å². The molecule has 0 amide bonds. The lowest BCUT2D eigenvalue weighted by Gasteiger charge is -2.16. The van der Waals surface area contributed by atoms with Gasteiger partial charge in [-0.2, -0.15) is 0 Å². The summed E-state index contributed by atoms with van der Waals surface area (Å²) in [7, 11) is 0. The van der Waals surface area contributed by atoms with Gasteiger partial charge in [0.25, 0.3) is 0 Å². The van der Waals surface area contributed by atoms with Crippen molar-refractivity contribution in [1.29, 1.82) is 0 Å². The van der Waals surface area contributed by atoms with Crippen LogP contribution in [0.4, 0.5) is 0 Å². The molecule has 2 nitrogen and oxygen atoms in total. The van der Waals surface area contributed by atoms with E-state index >= 15 is 0 Å². The van der Waals surface area contributed by atoms with E-state index in [1.807, 2.05) is 18.3 Å². The van der Waals surface area contributed by atoms with Crippen molar-refractivity contribution in [2.45, 2.75) is 31.3 Å². The summed E-state index contributed by atoms with van der Waals surface area (Å²) < 4.78 is 0. The molecule has 1 aromatic carbocycles. The molecule has 0 spiro atoms. The molecule has 1 aliphatic carbocycles. The van der Waals surface area contributed by atoms with E-state index in [0.29, 0.717) is 0 Å². The lowest BCUT2D eigenvalue weighted by Crippen LogP contribution is -2.19. The van der Waals surface area contributed by atoms with Crippen LogP contribution in [0.5, 0.6) is 0 Å². The summed E-state index contributed by atoms with van der Waals surface area (Å²) in [6.07, 6.45) is 10.0. The molecule has 0 radical (unpaired) electrons. The Bertz CT molecular complexity index is 547. The first-order chi connectivity index (χ1) is 8.25. The number of H-pyrrole nitrogens is 1. The van der Waals surface area contributed by atoms with E-state index in [1.54, 1.807) is 0 Å². The lowest BCUT2D eigenvalue weighted by molar-refractivity contribution is 0.100. The maximum atomic E-state index is 10.2. The summed E-state index contributed by atoms with van der Waals surface area (Å²) in [6.45, 7) is 0. The van der Waals surface area contributed by atoms with Crippen LogP contribution in [-0.4, -0.2) is 15.7 Å². The van der Waals surface area contributed by atoms with Crippen LogP contribution in [0.25, 0.3) is 17.0 Å². The van der Waals surface area contributed by atoms with Gasteiger partial charge in [0.1, 0.15) is 0 Å². The summed E-state index contributed by atoms with van der Waals surface area (Å²) >= 11 is 0. The second-order valence-corrected chi connectivity index (χ2v) is 4.97. The van der Waals surface area contributed by atoms with Gasteiger partial charge in [-0.25, -0.2) is 0 Å². The Morgan fingerprint density at radius 2 is 2.00 bits per heavy atom. The molecule has 1 heterocycles. The molecule has 2 aromatic rings. The van der Waals surface area contributed by atoms with Crippen LogP contribution in [0.1, 0.15) is 31.2 Å². The molecule has 0 aliphatic heterocycles. The molecule has 2 heteroatoms. The van der Waals surface area contributed by atoms with Crippen LogP contribution in [0.2, 0.25) is 0 Å². The van der Waals surface area contributed by atoms with Crippen molar-refractivity contribution < 1.29 is 5.11 Å². The van der Waals surface area contributed by atoms with Crippen molar-refractivity contribution in [3.63, 3.8) is 0 Å². The van der Waals surface area contributed by atoms with Crippen LogP contribution in [-0.2, 0) is 0 Å². The van der Waals surface area contributed by atoms with Gasteiger partial charge < -0.3 is 10.1 Å². The zero-order valence-corrected chi connectivity index (χ0v) is 9.82. The van der Waals surface area contributed by atoms with Gasteiger partial charge >= 0.3 is 0 Å². The van der Waals surface area contributed by atoms with Crippen LogP contribution >= 0.6 is 0 Å². The van der Waals surface area contributed by atoms with Crippen molar-refractivity contribution >= 4 is 17.0 Å². The largest absolute Gasteiger partial charge is 0.386 e. The molecule has 0 saturated heterocycles. The third-order valence-corrected chi connectivity index (χ3v) is 3.63. The number of rotatable bonds is 2. The number of aromatic amines is 1. The van der Waals surface area contributed by atoms with E-state index in [1.165, 1.54) is 5.39 Å². The molecule has 17 heavy (non-hydrogen) atoms. The maximum Gasteiger partial charge on any atom is 0.0830 e. The minimum Gasteiger partial charge on any atom is -0.386 e. The molecule has 0 bridgehead atoms. The normalized spacial score (nSPS) is 19.4. The van der Waals surface area contributed by atoms with Gasteiger partial charge in [-0.3, -0.25) is 0 Å². The maximum absolute atomic E-state index is 10.2. The minimum atomic E-state index is -0.562. The first-order valence-corrected chi connectivity index (χ1v) is 6.24. The number of nitrogens with one attached hydrogen (secondary N) is 1. The van der Waals surface area contributed by atoms with Crippen LogP contribution in [0.15, 0.2) is 36.5 Å². The Balaban J connectivity index is 1.86. The number of hydrogen-bond acceptors (Lipinski definition) is 1. The quantitative estimate of drug-likeness (QED) is 0.809. The van der Waals surface area contributed by atoms with Gasteiger partial charge in [0.05, 0.1) is 5.60 Å². The van der Waals surface area contributed by atoms with Gasteiger partial charge in [-0.15, -0.1) is 0 Å². The van der Waals surface area contributed by atoms with E-state index in [2.05, 4.69) is 29.2 Å². The molecular weight excluding hydrogens is 210 g/mol. The molecule has 0 atom stereocenters. The smallest absolute Gasteiger partial charge is 0.0830 e. The fourth-order valence-electron chi connectivity index (χ4n) is 2.58. The first-order valence-electron chi connectivity index (χ1n) is 6.24. The predicted octanol–water partition coefficient (Wildman–Crippen LogP) is 3.49. The van der Waals surface area contributed by atoms with Crippen LogP contribution in [0, 0.1) is 0 Å². The van der Waals surface area contributed by atoms with E-state index in [0.717, 1.165) is 36.8 Å². The molecule has 88 valence electrons. The van der Waals surface area contributed by atoms with E-state index in [4.69, 9.17) is 0 Å². The monoisotopic (exact) mass is 227 g/mol. The van der Waals surface area contributed by atoms with Crippen LogP contribution < -0.4 is 0 Å². The number of aromatic nitrogens is 1. The predicted molar refractivity (Wildman–Crippen MR) is 70.8 cm³/mol. The first kappa shape index (κ1) is 10.6. The van der Waals surface area contributed by atoms with E-state index < -0.39 is 5.60 Å². The summed E-state index contributed by atoms with van der Waals surface area (Å²) in [4.78, 5) is 3.18. The number of benzene rings is 1. The Morgan fingerprint density at radius 3 is 2.82 bits per heavy atom. The zero-order valence-electron chi connectivity index (χ0n) is 9.82. The van der Waals surface area contributed by atoms with Crippen LogP contribution in [0.3, 0.4) is 0 Å². The summed E-state index contributed by atoms with van der Waals surface area (Å²) in [5, 5.41) is 11.4. The highest BCUT2D eigenvalue weighted by molar-refractivity contribution is 5.81. The van der Waals surface area contributed by atoms with Gasteiger partial charge in [-0.1, -0.05) is 31.1 Å². The van der Waals surface area contributed by atoms with Crippen molar-refractivity contribution in [3.8, 4) is 0 Å². The summed E-state index contributed by atoms with van der Waals surface area (Å²) in [5.41, 5.74) is 1.74. The van der Waals surface area contributed by atoms with Crippen molar-refractivity contribution in [2.75, 3.05) is 0 Å². The Kier molecular flexibility index (Phi) is 2.52. The van der Waals surface area contributed by atoms with Crippen molar-refractivity contribution in [3.05, 3.63) is 42.1 Å². The topological polar surface area (TPSA) is 36.0 Å². The van der Waals surface area contributed by atoms with Gasteiger partial charge in [0.15, 0.2) is 0 Å². The SMILES string of the molecule is OC1(C=Cc2ccc3[nH]ccc3c2)CCCC1. The third kappa shape index (κ3) is 2.13. The fourth-order valence-corrected chi connectivity index (χ4v) is 2.58. The molecule has 3 rings (SSSR count). The number of aliphatic hydroxyl groups is 1. The Hall–Kier alpha value is -1.54. The summed E-state index contributed by atoms with van der Waals surface area (Å²) in [5.74, 6) is 0. The van der Waals surface area contributed by atoms with E-state index in [-0.39, 0.29) is 0 Å². The highest BCUT2D eigenvalue weighted by Crippen LogP contribution is 2.31. The van der Waals surface area contributed by atoms with Gasteiger partial charge in [-0.05, 0) is 42.0 Å². The molecule has 0 unspecified atom stereocenters. The minimum absolute atomic E-state index is 0.562. The highest BCUT2D eigenvalue weighted by atomic mass is 16.3. The van der Waals surface area contributed by atoms with Crippen molar-refractivity contribution in [2.24, 2.45) is 0 Å². The average Bonchev–Trinajstić information content (AvgIpc) is 2.95. The van der Waals surface area contributed by atoms with Gasteiger partial charge in [0.2, 0.25) is 0 Å². The molecule has 1 aromatic heterocycles. The summed E-state index contributed by atoms with van der Waals surface area (Å²) in [6, 6.07) is 8.36. The molecule has 1 fully saturated rings.